The highest BCUT2D eigenvalue weighted by molar-refractivity contribution is 7.86. The van der Waals surface area contributed by atoms with Gasteiger partial charge in [-0.3, -0.25) is 4.55 Å². The quantitative estimate of drug-likeness (QED) is 0.655. The molecule has 5 nitrogen and oxygen atoms in total. The molecule has 1 aliphatic heterocycles. The molecule has 0 aliphatic carbocycles. The first-order valence-electron chi connectivity index (χ1n) is 5.43. The van der Waals surface area contributed by atoms with Gasteiger partial charge in [0.1, 0.15) is 0 Å². The SMILES string of the molecule is CCC(CCN1CCNCC1)S(=O)(=O)O. The van der Waals surface area contributed by atoms with Crippen molar-refractivity contribution in [3.8, 4) is 0 Å². The first kappa shape index (κ1) is 12.9. The molecule has 0 amide bonds. The van der Waals surface area contributed by atoms with Crippen molar-refractivity contribution in [3.63, 3.8) is 0 Å². The van der Waals surface area contributed by atoms with Crippen molar-refractivity contribution in [1.29, 1.82) is 0 Å². The smallest absolute Gasteiger partial charge is 0.267 e. The highest BCUT2D eigenvalue weighted by Gasteiger charge is 2.21. The second-order valence-electron chi connectivity index (χ2n) is 3.93. The van der Waals surface area contributed by atoms with Crippen LogP contribution >= 0.6 is 0 Å². The molecule has 1 unspecified atom stereocenters. The van der Waals surface area contributed by atoms with E-state index in [1.54, 1.807) is 6.92 Å². The zero-order chi connectivity index (χ0) is 11.3. The zero-order valence-electron chi connectivity index (χ0n) is 9.15. The third kappa shape index (κ3) is 4.46. The van der Waals surface area contributed by atoms with E-state index < -0.39 is 15.4 Å². The second kappa shape index (κ2) is 5.79. The molecule has 0 saturated carbocycles. The van der Waals surface area contributed by atoms with Gasteiger partial charge < -0.3 is 10.2 Å². The van der Waals surface area contributed by atoms with E-state index in [1.807, 2.05) is 0 Å². The molecule has 1 atom stereocenters. The minimum Gasteiger partial charge on any atom is -0.314 e. The normalized spacial score (nSPS) is 21.5. The van der Waals surface area contributed by atoms with Crippen molar-refractivity contribution < 1.29 is 13.0 Å². The van der Waals surface area contributed by atoms with Crippen LogP contribution in [0.3, 0.4) is 0 Å². The van der Waals surface area contributed by atoms with E-state index in [-0.39, 0.29) is 0 Å². The number of rotatable bonds is 5. The average molecular weight is 236 g/mol. The Kier molecular flexibility index (Phi) is 4.98. The van der Waals surface area contributed by atoms with Gasteiger partial charge in [-0.2, -0.15) is 8.42 Å². The molecular formula is C9H20N2O3S. The molecule has 6 heteroatoms. The standard InChI is InChI=1S/C9H20N2O3S/c1-2-9(15(12,13)14)3-6-11-7-4-10-5-8-11/h9-10H,2-8H2,1H3,(H,12,13,14). The highest BCUT2D eigenvalue weighted by Crippen LogP contribution is 2.10. The van der Waals surface area contributed by atoms with Crippen LogP contribution in [0.4, 0.5) is 0 Å². The van der Waals surface area contributed by atoms with Crippen molar-refractivity contribution in [2.45, 2.75) is 25.0 Å². The monoisotopic (exact) mass is 236 g/mol. The maximum Gasteiger partial charge on any atom is 0.267 e. The van der Waals surface area contributed by atoms with Gasteiger partial charge in [0, 0.05) is 26.2 Å². The molecule has 1 heterocycles. The second-order valence-corrected chi connectivity index (χ2v) is 5.62. The summed E-state index contributed by atoms with van der Waals surface area (Å²) < 4.78 is 30.9. The van der Waals surface area contributed by atoms with Crippen LogP contribution in [-0.2, 0) is 10.1 Å². The highest BCUT2D eigenvalue weighted by atomic mass is 32.2. The summed E-state index contributed by atoms with van der Waals surface area (Å²) in [6.07, 6.45) is 1.00. The Morgan fingerprint density at radius 2 is 2.00 bits per heavy atom. The van der Waals surface area contributed by atoms with E-state index in [2.05, 4.69) is 10.2 Å². The van der Waals surface area contributed by atoms with E-state index in [4.69, 9.17) is 4.55 Å². The summed E-state index contributed by atoms with van der Waals surface area (Å²) in [6, 6.07) is 0. The van der Waals surface area contributed by atoms with E-state index >= 15 is 0 Å². The van der Waals surface area contributed by atoms with Crippen LogP contribution in [-0.4, -0.2) is 55.8 Å². The summed E-state index contributed by atoms with van der Waals surface area (Å²) in [5.74, 6) is 0. The van der Waals surface area contributed by atoms with Crippen LogP contribution < -0.4 is 5.32 Å². The lowest BCUT2D eigenvalue weighted by molar-refractivity contribution is 0.236. The lowest BCUT2D eigenvalue weighted by atomic mass is 10.2. The summed E-state index contributed by atoms with van der Waals surface area (Å²) in [5.41, 5.74) is 0. The molecule has 90 valence electrons. The molecule has 0 aromatic rings. The maximum absolute atomic E-state index is 11.0. The summed E-state index contributed by atoms with van der Waals surface area (Å²) in [4.78, 5) is 2.23. The van der Waals surface area contributed by atoms with Crippen LogP contribution in [0.15, 0.2) is 0 Å². The van der Waals surface area contributed by atoms with E-state index in [0.29, 0.717) is 12.8 Å². The molecule has 1 saturated heterocycles. The van der Waals surface area contributed by atoms with Crippen molar-refractivity contribution in [3.05, 3.63) is 0 Å². The van der Waals surface area contributed by atoms with Gasteiger partial charge in [-0.05, 0) is 19.4 Å². The number of nitrogens with zero attached hydrogens (tertiary/aromatic N) is 1. The Morgan fingerprint density at radius 3 is 2.47 bits per heavy atom. The topological polar surface area (TPSA) is 69.6 Å². The molecule has 0 bridgehead atoms. The fourth-order valence-electron chi connectivity index (χ4n) is 1.82. The average Bonchev–Trinajstić information content (AvgIpc) is 2.18. The number of nitrogens with one attached hydrogen (secondary N) is 1. The molecular weight excluding hydrogens is 216 g/mol. The molecule has 1 fully saturated rings. The predicted molar refractivity (Wildman–Crippen MR) is 59.6 cm³/mol. The number of hydrogen-bond acceptors (Lipinski definition) is 4. The number of piperazine rings is 1. The van der Waals surface area contributed by atoms with Crippen LogP contribution in [0.2, 0.25) is 0 Å². The first-order valence-corrected chi connectivity index (χ1v) is 6.93. The molecule has 0 aromatic carbocycles. The van der Waals surface area contributed by atoms with Crippen molar-refractivity contribution in [2.75, 3.05) is 32.7 Å². The van der Waals surface area contributed by atoms with Crippen LogP contribution in [0.25, 0.3) is 0 Å². The minimum absolute atomic E-state index is 0.477. The summed E-state index contributed by atoms with van der Waals surface area (Å²) in [6.45, 7) is 6.38. The van der Waals surface area contributed by atoms with Crippen LogP contribution in [0.5, 0.6) is 0 Å². The summed E-state index contributed by atoms with van der Waals surface area (Å²) in [7, 11) is -3.86. The lowest BCUT2D eigenvalue weighted by Crippen LogP contribution is -2.44. The Bertz CT molecular complexity index is 273. The lowest BCUT2D eigenvalue weighted by Gasteiger charge is -2.28. The van der Waals surface area contributed by atoms with Crippen molar-refractivity contribution >= 4 is 10.1 Å². The molecule has 15 heavy (non-hydrogen) atoms. The predicted octanol–water partition coefficient (Wildman–Crippen LogP) is -0.0519. The van der Waals surface area contributed by atoms with Crippen LogP contribution in [0, 0.1) is 0 Å². The molecule has 2 N–H and O–H groups in total. The van der Waals surface area contributed by atoms with Gasteiger partial charge in [-0.15, -0.1) is 0 Å². The Morgan fingerprint density at radius 1 is 1.40 bits per heavy atom. The Labute approximate surface area is 91.6 Å². The Hall–Kier alpha value is -0.170. The first-order chi connectivity index (χ1) is 7.04. The van der Waals surface area contributed by atoms with Gasteiger partial charge >= 0.3 is 0 Å². The Balaban J connectivity index is 2.33. The molecule has 0 spiro atoms. The van der Waals surface area contributed by atoms with Gasteiger partial charge in [0.05, 0.1) is 5.25 Å². The zero-order valence-corrected chi connectivity index (χ0v) is 9.96. The van der Waals surface area contributed by atoms with Crippen LogP contribution in [0.1, 0.15) is 19.8 Å². The van der Waals surface area contributed by atoms with E-state index in [1.165, 1.54) is 0 Å². The molecule has 1 aliphatic rings. The fraction of sp³-hybridized carbons (Fsp3) is 1.00. The van der Waals surface area contributed by atoms with Gasteiger partial charge in [0.15, 0.2) is 0 Å². The number of hydrogen-bond donors (Lipinski definition) is 2. The van der Waals surface area contributed by atoms with Crippen molar-refractivity contribution in [2.24, 2.45) is 0 Å². The third-order valence-electron chi connectivity index (χ3n) is 2.85. The van der Waals surface area contributed by atoms with Gasteiger partial charge in [0.2, 0.25) is 0 Å². The third-order valence-corrected chi connectivity index (χ3v) is 4.27. The van der Waals surface area contributed by atoms with E-state index in [0.717, 1.165) is 32.7 Å². The largest absolute Gasteiger partial charge is 0.314 e. The molecule has 0 aromatic heterocycles. The minimum atomic E-state index is -3.86. The van der Waals surface area contributed by atoms with E-state index in [9.17, 15) is 8.42 Å². The summed E-state index contributed by atoms with van der Waals surface area (Å²) >= 11 is 0. The van der Waals surface area contributed by atoms with Gasteiger partial charge in [-0.1, -0.05) is 6.92 Å². The molecule has 0 radical (unpaired) electrons. The maximum atomic E-state index is 11.0. The van der Waals surface area contributed by atoms with Crippen molar-refractivity contribution in [1.82, 2.24) is 10.2 Å². The van der Waals surface area contributed by atoms with Gasteiger partial charge in [-0.25, -0.2) is 0 Å². The van der Waals surface area contributed by atoms with Gasteiger partial charge in [0.25, 0.3) is 10.1 Å². The molecule has 1 rings (SSSR count). The summed E-state index contributed by atoms with van der Waals surface area (Å²) in [5, 5.41) is 2.63. The fourth-order valence-corrected chi connectivity index (χ4v) is 2.65.